The van der Waals surface area contributed by atoms with Crippen molar-refractivity contribution in [2.75, 3.05) is 177 Å². The highest BCUT2D eigenvalue weighted by molar-refractivity contribution is 7.87. The SMILES string of the molecule is CCCNC(=O)c1cc(OC/C(N)=C/NCCCNC(=O)c2cc(OCCCS(=O)(=O)O)c(OCCCS(=O)(=O)O)c(OCCCS(=O)(=O)O)c2)c(OC/C(=C/NCCCNC(=O)c2cc(OCCCS(=O)(=O)O)c(OCCCS(=O)(=O)O)c(OCCCS(=O)(=O)O)c2)N=N)c(OC/C(N)=C/N(N)CCCNC(=O)c2cc(OCCCS(=O)(=O)O)c(OCCCS(=O)(=O)O)c(OCCCS(=O)(=O)O)c2)c1. The van der Waals surface area contributed by atoms with Crippen LogP contribution in [0.3, 0.4) is 0 Å². The molecule has 4 aromatic carbocycles. The topological polar surface area (TPSA) is 858 Å². The van der Waals surface area contributed by atoms with Gasteiger partial charge in [0.05, 0.1) is 123 Å². The van der Waals surface area contributed by atoms with Gasteiger partial charge in [0.2, 0.25) is 23.0 Å². The Morgan fingerprint density at radius 3 is 0.800 bits per heavy atom. The van der Waals surface area contributed by atoms with Crippen molar-refractivity contribution in [1.82, 2.24) is 36.9 Å². The van der Waals surface area contributed by atoms with Gasteiger partial charge in [-0.1, -0.05) is 6.92 Å². The third-order valence-electron chi connectivity index (χ3n) is 17.5. The van der Waals surface area contributed by atoms with Crippen LogP contribution in [0.1, 0.15) is 132 Å². The van der Waals surface area contributed by atoms with Crippen molar-refractivity contribution < 1.29 is 193 Å². The summed E-state index contributed by atoms with van der Waals surface area (Å²) in [6.07, 6.45) is 2.12. The summed E-state index contributed by atoms with van der Waals surface area (Å²) in [5.41, 5.74) is 20.3. The zero-order valence-corrected chi connectivity index (χ0v) is 82.9. The molecular formula is C76H118N12O43S9. The molecule has 0 aliphatic rings. The largest absolute Gasteiger partial charge is 0.489 e. The van der Waals surface area contributed by atoms with Gasteiger partial charge in [-0.2, -0.15) is 80.9 Å². The van der Waals surface area contributed by atoms with E-state index < -0.39 is 246 Å². The molecule has 55 nitrogen and oxygen atoms in total. The Morgan fingerprint density at radius 1 is 0.314 bits per heavy atom. The zero-order chi connectivity index (χ0) is 105. The first-order valence-corrected chi connectivity index (χ1v) is 56.8. The van der Waals surface area contributed by atoms with Gasteiger partial charge in [-0.3, -0.25) is 60.2 Å². The van der Waals surface area contributed by atoms with E-state index in [2.05, 4.69) is 37.0 Å². The van der Waals surface area contributed by atoms with Crippen molar-refractivity contribution >= 4 is 115 Å². The molecule has 0 aliphatic carbocycles. The fraction of sp³-hybridized carbons (Fsp3) is 0.553. The minimum absolute atomic E-state index is 0.00387. The number of hydrazine groups is 1. The van der Waals surface area contributed by atoms with Crippen molar-refractivity contribution in [3.05, 3.63) is 106 Å². The van der Waals surface area contributed by atoms with Crippen LogP contribution < -0.4 is 106 Å². The van der Waals surface area contributed by atoms with E-state index in [-0.39, 0.29) is 231 Å². The lowest BCUT2D eigenvalue weighted by molar-refractivity contribution is 0.0943. The number of amides is 4. The average Bonchev–Trinajstić information content (AvgIpc) is 0.819. The molecule has 0 unspecified atom stereocenters. The van der Waals surface area contributed by atoms with Crippen LogP contribution in [0.5, 0.6) is 69.0 Å². The van der Waals surface area contributed by atoms with Crippen LogP contribution in [0.15, 0.2) is 89.3 Å². The predicted molar refractivity (Wildman–Crippen MR) is 499 cm³/mol. The molecule has 4 aromatic rings. The standard InChI is InChI=1S/C76H118N12O43S9/c1-2-15-83-73(89)57-46-67(129-51-58(77)48-81-16-3-18-84-74(90)54-40-61(120-22-6-31-132(93,94)95)69(126-28-12-37-138(111,112)113)62(41-54)121-23-7-32-133(96,97)98)72(131-53-60(87-79)49-82-17-4-19-85-75(91)55-42-63(122-24-8-33-134(99,100)101)70(127-29-13-38-139(114,115)116)64(43-55)123-25-9-34-135(102,103)104)68(47-57)130-52-59(78)50-88(80)21-5-20-86-76(92)56-44-65(124-26-10-35-136(105,106)107)71(128-30-14-39-140(117,118)119)66(45-56)125-27-11-36-137(108,109)110/h40-50,79,81-82H,2-39,51-53,77-78,80H2,1H3,(H,83,89)(H,84,90)(H,85,91)(H,86,92)(H,93,94,95)(H,96,97,98)(H,99,100,101)(H,102,103,104)(H,105,106,107)(H,108,109,110)(H,111,112,113)(H,114,115,116)(H,117,118,119)/b58-48-,59-50-,60-49-,87-79?. The van der Waals surface area contributed by atoms with Gasteiger partial charge < -0.3 is 105 Å². The van der Waals surface area contributed by atoms with Crippen LogP contribution in [0.2, 0.25) is 0 Å². The molecule has 4 rings (SSSR count). The second kappa shape index (κ2) is 59.9. The summed E-state index contributed by atoms with van der Waals surface area (Å²) in [5.74, 6) is -6.46. The first-order chi connectivity index (χ1) is 65.4. The molecule has 0 radical (unpaired) electrons. The number of nitrogens with two attached hydrogens (primary N) is 3. The lowest BCUT2D eigenvalue weighted by Crippen LogP contribution is -2.32. The van der Waals surface area contributed by atoms with E-state index in [9.17, 15) is 136 Å². The Bertz CT molecular complexity index is 5780. The quantitative estimate of drug-likeness (QED) is 0.00969. The van der Waals surface area contributed by atoms with E-state index in [1.807, 2.05) is 0 Å². The molecule has 0 aromatic heterocycles. The summed E-state index contributed by atoms with van der Waals surface area (Å²) < 4.78 is 361. The average molecular weight is 2180 g/mol. The Morgan fingerprint density at radius 2 is 0.543 bits per heavy atom. The summed E-state index contributed by atoms with van der Waals surface area (Å²) in [5, 5.41) is 21.3. The number of rotatable bonds is 76. The van der Waals surface area contributed by atoms with Gasteiger partial charge in [0.1, 0.15) is 25.5 Å². The lowest BCUT2D eigenvalue weighted by Gasteiger charge is -2.20. The Hall–Kier alpha value is -10.7. The predicted octanol–water partition coefficient (Wildman–Crippen LogP) is 1.16. The van der Waals surface area contributed by atoms with E-state index in [4.69, 9.17) is 79.7 Å². The maximum Gasteiger partial charge on any atom is 0.264 e. The number of nitrogens with one attached hydrogen (secondary N) is 7. The van der Waals surface area contributed by atoms with Gasteiger partial charge in [0.15, 0.2) is 46.0 Å². The lowest BCUT2D eigenvalue weighted by atomic mass is 10.1. The van der Waals surface area contributed by atoms with E-state index in [1.54, 1.807) is 6.92 Å². The summed E-state index contributed by atoms with van der Waals surface area (Å²) in [7, 11) is -40.2. The third-order valence-corrected chi connectivity index (χ3v) is 24.7. The maximum atomic E-state index is 13.9. The number of hydrogen-bond acceptors (Lipinski definition) is 42. The van der Waals surface area contributed by atoms with E-state index in [1.165, 1.54) is 30.7 Å². The second-order valence-corrected chi connectivity index (χ2v) is 44.0. The van der Waals surface area contributed by atoms with Gasteiger partial charge in [0.25, 0.3) is 115 Å². The minimum Gasteiger partial charge on any atom is -0.489 e. The molecule has 0 heterocycles. The third kappa shape index (κ3) is 55.5. The van der Waals surface area contributed by atoms with E-state index >= 15 is 0 Å². The van der Waals surface area contributed by atoms with Crippen LogP contribution in [0.4, 0.5) is 0 Å². The fourth-order valence-corrected chi connectivity index (χ4v) is 15.6. The number of carbonyl (C=O) groups is 4. The number of carbonyl (C=O) groups excluding carboxylic acids is 4. The molecule has 0 fully saturated rings. The van der Waals surface area contributed by atoms with Crippen LogP contribution in [-0.4, -0.2) is 322 Å². The van der Waals surface area contributed by atoms with Gasteiger partial charge in [-0.05, 0) is 132 Å². The molecule has 794 valence electrons. The molecule has 0 saturated heterocycles. The maximum absolute atomic E-state index is 13.9. The van der Waals surface area contributed by atoms with Crippen LogP contribution >= 0.6 is 0 Å². The summed E-state index contributed by atoms with van der Waals surface area (Å²) >= 11 is 0. The van der Waals surface area contributed by atoms with Crippen LogP contribution in [-0.2, 0) is 91.1 Å². The smallest absolute Gasteiger partial charge is 0.264 e. The van der Waals surface area contributed by atoms with Gasteiger partial charge in [0, 0.05) is 86.7 Å². The van der Waals surface area contributed by atoms with Gasteiger partial charge >= 0.3 is 0 Å². The van der Waals surface area contributed by atoms with Gasteiger partial charge in [-0.25, -0.2) is 11.4 Å². The highest BCUT2D eigenvalue weighted by atomic mass is 32.3. The summed E-state index contributed by atoms with van der Waals surface area (Å²) in [6.45, 7) is -3.44. The molecule has 64 heteroatoms. The van der Waals surface area contributed by atoms with Gasteiger partial charge in [-0.15, -0.1) is 0 Å². The van der Waals surface area contributed by atoms with Crippen LogP contribution in [0, 0.1) is 5.53 Å². The van der Waals surface area contributed by atoms with Crippen molar-refractivity contribution in [2.24, 2.45) is 22.4 Å². The van der Waals surface area contributed by atoms with Crippen molar-refractivity contribution in [1.29, 1.82) is 5.53 Å². The summed E-state index contributed by atoms with van der Waals surface area (Å²) in [4.78, 5) is 55.3. The highest BCUT2D eigenvalue weighted by Gasteiger charge is 2.28. The number of benzene rings is 4. The molecule has 0 atom stereocenters. The van der Waals surface area contributed by atoms with Crippen LogP contribution in [0.25, 0.3) is 0 Å². The molecular weight excluding hydrogens is 2060 g/mol. The number of nitrogens with zero attached hydrogens (tertiary/aromatic N) is 2. The molecule has 0 spiro atoms. The Balaban J connectivity index is 1.67. The first-order valence-electron chi connectivity index (χ1n) is 42.3. The second-order valence-electron chi connectivity index (χ2n) is 29.9. The normalized spacial score (nSPS) is 12.6. The Labute approximate surface area is 809 Å². The molecule has 140 heavy (non-hydrogen) atoms. The summed E-state index contributed by atoms with van der Waals surface area (Å²) in [6, 6.07) is 9.48. The van der Waals surface area contributed by atoms with E-state index in [0.29, 0.717) is 6.42 Å². The molecule has 0 aliphatic heterocycles. The fourth-order valence-electron chi connectivity index (χ4n) is 11.3. The number of ether oxygens (including phenoxy) is 12. The highest BCUT2D eigenvalue weighted by Crippen LogP contribution is 2.44. The van der Waals surface area contributed by atoms with Crippen molar-refractivity contribution in [3.8, 4) is 69.0 Å². The molecule has 0 bridgehead atoms. The molecule has 0 saturated carbocycles. The molecule has 22 N–H and O–H groups in total. The van der Waals surface area contributed by atoms with E-state index in [0.717, 1.165) is 41.4 Å². The molecule has 4 amide bonds. The number of hydrogen-bond donors (Lipinski definition) is 19. The first kappa shape index (κ1) is 122. The minimum atomic E-state index is -4.47. The monoisotopic (exact) mass is 2170 g/mol. The Kier molecular flexibility index (Phi) is 52.1. The van der Waals surface area contributed by atoms with Crippen molar-refractivity contribution in [3.63, 3.8) is 0 Å². The van der Waals surface area contributed by atoms with Crippen molar-refractivity contribution in [2.45, 2.75) is 90.4 Å². The zero-order valence-electron chi connectivity index (χ0n) is 75.5.